The molecular weight excluding hydrogens is 471 g/mol. The molecule has 3 aromatic carbocycles. The van der Waals surface area contributed by atoms with Crippen LogP contribution < -0.4 is 10.6 Å². The van der Waals surface area contributed by atoms with E-state index >= 15 is 0 Å². The molecule has 37 heavy (non-hydrogen) atoms. The number of amides is 2. The Hall–Kier alpha value is -4.59. The average Bonchev–Trinajstić information content (AvgIpc) is 3.32. The first-order valence-electron chi connectivity index (χ1n) is 12.1. The van der Waals surface area contributed by atoms with Crippen LogP contribution in [0.15, 0.2) is 90.8 Å². The molecule has 1 atom stereocenters. The first kappa shape index (κ1) is 24.1. The third-order valence-corrected chi connectivity index (χ3v) is 6.56. The molecule has 0 bridgehead atoms. The van der Waals surface area contributed by atoms with E-state index in [1.165, 1.54) is 12.1 Å². The fourth-order valence-corrected chi connectivity index (χ4v) is 4.66. The van der Waals surface area contributed by atoms with Gasteiger partial charge in [0.15, 0.2) is 0 Å². The molecule has 5 rings (SSSR count). The van der Waals surface area contributed by atoms with Crippen LogP contribution in [0, 0.1) is 5.82 Å². The lowest BCUT2D eigenvalue weighted by Gasteiger charge is -2.35. The minimum atomic E-state index is -1.08. The highest BCUT2D eigenvalue weighted by molar-refractivity contribution is 5.98. The second-order valence-corrected chi connectivity index (χ2v) is 9.14. The molecule has 0 fully saturated rings. The number of carbonyl (C=O) groups excluding carboxylic acids is 1. The molecule has 7 nitrogen and oxygen atoms in total. The van der Waals surface area contributed by atoms with Gasteiger partial charge in [-0.2, -0.15) is 0 Å². The number of aromatic nitrogens is 1. The molecule has 4 aromatic rings. The molecule has 8 heteroatoms. The van der Waals surface area contributed by atoms with Gasteiger partial charge in [0.05, 0.1) is 0 Å². The lowest BCUT2D eigenvalue weighted by atomic mass is 10.0. The summed E-state index contributed by atoms with van der Waals surface area (Å²) in [7, 11) is 0. The molecule has 0 aliphatic carbocycles. The van der Waals surface area contributed by atoms with Crippen LogP contribution in [0.4, 0.5) is 9.18 Å². The molecular formula is C29H27FN4O3. The Balaban J connectivity index is 1.28. The number of aromatic amines is 1. The lowest BCUT2D eigenvalue weighted by Crippen LogP contribution is -2.44. The summed E-state index contributed by atoms with van der Waals surface area (Å²) < 4.78 is 13.3. The summed E-state index contributed by atoms with van der Waals surface area (Å²) in [5.74, 6) is -0.494. The number of benzene rings is 3. The Kier molecular flexibility index (Phi) is 6.89. The molecule has 0 spiro atoms. The van der Waals surface area contributed by atoms with Crippen LogP contribution in [0.1, 0.15) is 28.9 Å². The second kappa shape index (κ2) is 10.6. The summed E-state index contributed by atoms with van der Waals surface area (Å²) in [6.07, 6.45) is 2.03. The van der Waals surface area contributed by atoms with Crippen molar-refractivity contribution in [1.82, 2.24) is 20.5 Å². The number of allylic oxidation sites excluding steroid dienone is 1. The van der Waals surface area contributed by atoms with Gasteiger partial charge in [0, 0.05) is 41.9 Å². The maximum atomic E-state index is 13.3. The molecule has 0 saturated heterocycles. The Morgan fingerprint density at radius 3 is 2.51 bits per heavy atom. The monoisotopic (exact) mass is 498 g/mol. The van der Waals surface area contributed by atoms with Crippen LogP contribution in [0.3, 0.4) is 0 Å². The Labute approximate surface area is 213 Å². The summed E-state index contributed by atoms with van der Waals surface area (Å²) in [6.45, 7) is 1.02. The lowest BCUT2D eigenvalue weighted by molar-refractivity contribution is 0.0933. The molecule has 188 valence electrons. The third-order valence-electron chi connectivity index (χ3n) is 6.56. The first-order valence-corrected chi connectivity index (χ1v) is 12.1. The van der Waals surface area contributed by atoms with Gasteiger partial charge in [-0.3, -0.25) is 10.1 Å². The van der Waals surface area contributed by atoms with Crippen molar-refractivity contribution in [3.8, 4) is 11.1 Å². The quantitative estimate of drug-likeness (QED) is 0.271. The summed E-state index contributed by atoms with van der Waals surface area (Å²) in [5.41, 5.74) is 4.84. The molecule has 2 heterocycles. The van der Waals surface area contributed by atoms with Crippen LogP contribution in [0.25, 0.3) is 22.0 Å². The van der Waals surface area contributed by atoms with E-state index in [0.717, 1.165) is 27.6 Å². The van der Waals surface area contributed by atoms with Crippen LogP contribution in [-0.4, -0.2) is 39.6 Å². The van der Waals surface area contributed by atoms with E-state index < -0.39 is 6.09 Å². The van der Waals surface area contributed by atoms with E-state index in [9.17, 15) is 14.0 Å². The maximum absolute atomic E-state index is 13.3. The highest BCUT2D eigenvalue weighted by Crippen LogP contribution is 2.26. The zero-order valence-corrected chi connectivity index (χ0v) is 20.1. The van der Waals surface area contributed by atoms with Crippen LogP contribution in [-0.2, 0) is 6.54 Å². The zero-order chi connectivity index (χ0) is 25.8. The van der Waals surface area contributed by atoms with Crippen molar-refractivity contribution in [2.45, 2.75) is 25.4 Å². The number of hydrogen-bond acceptors (Lipinski definition) is 3. The van der Waals surface area contributed by atoms with Crippen molar-refractivity contribution in [2.24, 2.45) is 0 Å². The predicted molar refractivity (Wildman–Crippen MR) is 140 cm³/mol. The fraction of sp³-hybridized carbons (Fsp3) is 0.172. The molecule has 1 unspecified atom stereocenters. The molecule has 1 aromatic heterocycles. The van der Waals surface area contributed by atoms with E-state index in [-0.39, 0.29) is 17.8 Å². The number of hydrogen-bond donors (Lipinski definition) is 4. The van der Waals surface area contributed by atoms with Gasteiger partial charge in [-0.15, -0.1) is 0 Å². The second-order valence-electron chi connectivity index (χ2n) is 9.14. The average molecular weight is 499 g/mol. The summed E-state index contributed by atoms with van der Waals surface area (Å²) in [4.78, 5) is 29.4. The zero-order valence-electron chi connectivity index (χ0n) is 20.1. The molecule has 1 aliphatic heterocycles. The summed E-state index contributed by atoms with van der Waals surface area (Å²) in [6, 6.07) is 23.9. The topological polar surface area (TPSA) is 97.5 Å². The normalized spacial score (nSPS) is 15.3. The van der Waals surface area contributed by atoms with E-state index in [1.807, 2.05) is 60.8 Å². The number of rotatable bonds is 7. The van der Waals surface area contributed by atoms with Crippen LogP contribution in [0.5, 0.6) is 0 Å². The molecule has 4 N–H and O–H groups in total. The first-order chi connectivity index (χ1) is 17.9. The van der Waals surface area contributed by atoms with Gasteiger partial charge in [-0.05, 0) is 53.8 Å². The van der Waals surface area contributed by atoms with Crippen molar-refractivity contribution < 1.29 is 19.1 Å². The SMILES string of the molecule is O=C(O)NC1=CN(Cc2ccccc2)C(CNC(=O)c2cc3ccc(-c4ccc(F)cc4)cc3[nH]2)CC1. The number of nitrogens with one attached hydrogen (secondary N) is 3. The number of fused-ring (bicyclic) bond motifs is 1. The Bertz CT molecular complexity index is 1450. The minimum absolute atomic E-state index is 0.0120. The number of carbonyl (C=O) groups is 2. The van der Waals surface area contributed by atoms with Crippen molar-refractivity contribution in [1.29, 1.82) is 0 Å². The van der Waals surface area contributed by atoms with Crippen molar-refractivity contribution in [3.63, 3.8) is 0 Å². The highest BCUT2D eigenvalue weighted by atomic mass is 19.1. The van der Waals surface area contributed by atoms with E-state index in [1.54, 1.807) is 12.1 Å². The molecule has 2 amide bonds. The molecule has 1 aliphatic rings. The van der Waals surface area contributed by atoms with Gasteiger partial charge in [0.2, 0.25) is 0 Å². The van der Waals surface area contributed by atoms with Gasteiger partial charge in [0.1, 0.15) is 11.5 Å². The van der Waals surface area contributed by atoms with E-state index in [0.29, 0.717) is 37.3 Å². The summed E-state index contributed by atoms with van der Waals surface area (Å²) >= 11 is 0. The third kappa shape index (κ3) is 5.81. The predicted octanol–water partition coefficient (Wildman–Crippen LogP) is 5.48. The van der Waals surface area contributed by atoms with Gasteiger partial charge >= 0.3 is 6.09 Å². The molecule has 0 saturated carbocycles. The van der Waals surface area contributed by atoms with Gasteiger partial charge in [-0.25, -0.2) is 9.18 Å². The number of nitrogens with zero attached hydrogens (tertiary/aromatic N) is 1. The highest BCUT2D eigenvalue weighted by Gasteiger charge is 2.24. The van der Waals surface area contributed by atoms with Crippen molar-refractivity contribution in [2.75, 3.05) is 6.54 Å². The van der Waals surface area contributed by atoms with E-state index in [4.69, 9.17) is 5.11 Å². The smallest absolute Gasteiger partial charge is 0.408 e. The van der Waals surface area contributed by atoms with Gasteiger partial charge in [0.25, 0.3) is 5.91 Å². The van der Waals surface area contributed by atoms with E-state index in [2.05, 4.69) is 20.5 Å². The Morgan fingerprint density at radius 1 is 1.00 bits per heavy atom. The summed E-state index contributed by atoms with van der Waals surface area (Å²) in [5, 5.41) is 15.5. The largest absolute Gasteiger partial charge is 0.465 e. The molecule has 0 radical (unpaired) electrons. The van der Waals surface area contributed by atoms with Crippen LogP contribution >= 0.6 is 0 Å². The fourth-order valence-electron chi connectivity index (χ4n) is 4.66. The van der Waals surface area contributed by atoms with Gasteiger partial charge < -0.3 is 20.3 Å². The van der Waals surface area contributed by atoms with Crippen molar-refractivity contribution >= 4 is 22.9 Å². The number of carboxylic acid groups (broad SMARTS) is 1. The van der Waals surface area contributed by atoms with Crippen molar-refractivity contribution in [3.05, 3.63) is 108 Å². The maximum Gasteiger partial charge on any atom is 0.408 e. The van der Waals surface area contributed by atoms with Crippen LogP contribution in [0.2, 0.25) is 0 Å². The Morgan fingerprint density at radius 2 is 1.76 bits per heavy atom. The minimum Gasteiger partial charge on any atom is -0.465 e. The standard InChI is InChI=1S/C29H27FN4O3/c30-23-10-8-20(9-11-23)21-6-7-22-15-27(33-26(22)14-21)28(35)31-16-25-13-12-24(32-29(36)37)18-34(25)17-19-4-2-1-3-5-19/h1-11,14-15,18,25,32-33H,12-13,16-17H2,(H,31,35)(H,36,37). The van der Waals surface area contributed by atoms with Gasteiger partial charge in [-0.1, -0.05) is 54.6 Å². The number of H-pyrrole nitrogens is 1. The number of halogens is 1.